The van der Waals surface area contributed by atoms with Crippen LogP contribution in [0.25, 0.3) is 6.08 Å². The first kappa shape index (κ1) is 24.9. The van der Waals surface area contributed by atoms with Crippen molar-refractivity contribution in [3.8, 4) is 17.2 Å². The molecule has 0 aliphatic carbocycles. The summed E-state index contributed by atoms with van der Waals surface area (Å²) in [6, 6.07) is 23.2. The minimum Gasteiger partial charge on any atom is -0.493 e. The van der Waals surface area contributed by atoms with Gasteiger partial charge in [-0.15, -0.1) is 0 Å². The van der Waals surface area contributed by atoms with Gasteiger partial charge in [-0.2, -0.15) is 0 Å². The Kier molecular flexibility index (Phi) is 8.25. The van der Waals surface area contributed by atoms with Gasteiger partial charge in [0, 0.05) is 11.3 Å². The zero-order valence-corrected chi connectivity index (χ0v) is 20.3. The van der Waals surface area contributed by atoms with E-state index >= 15 is 0 Å². The van der Waals surface area contributed by atoms with E-state index in [-0.39, 0.29) is 35.8 Å². The number of carbonyl (C=O) groups excluding carboxylic acids is 3. The van der Waals surface area contributed by atoms with Crippen molar-refractivity contribution in [3.63, 3.8) is 0 Å². The first-order chi connectivity index (χ1) is 17.5. The number of anilines is 1. The first-order valence-corrected chi connectivity index (χ1v) is 11.9. The Bertz CT molecular complexity index is 1280. The van der Waals surface area contributed by atoms with Crippen molar-refractivity contribution in [2.24, 2.45) is 0 Å². The molecule has 4 rings (SSSR count). The molecule has 0 spiro atoms. The predicted octanol–water partition coefficient (Wildman–Crippen LogP) is 4.83. The highest BCUT2D eigenvalue weighted by molar-refractivity contribution is 8.18. The molecule has 3 aromatic rings. The number of carbonyl (C=O) groups is 3. The summed E-state index contributed by atoms with van der Waals surface area (Å²) < 4.78 is 16.6. The first-order valence-electron chi connectivity index (χ1n) is 11.1. The Morgan fingerprint density at radius 2 is 1.56 bits per heavy atom. The van der Waals surface area contributed by atoms with Crippen molar-refractivity contribution in [3.05, 3.63) is 89.3 Å². The van der Waals surface area contributed by atoms with Gasteiger partial charge >= 0.3 is 0 Å². The minimum atomic E-state index is -0.412. The molecular weight excluding hydrogens is 480 g/mol. The molecular formula is C27H24N2O6S. The van der Waals surface area contributed by atoms with E-state index in [1.165, 1.54) is 0 Å². The zero-order chi connectivity index (χ0) is 25.3. The topological polar surface area (TPSA) is 94.2 Å². The molecule has 0 radical (unpaired) electrons. The van der Waals surface area contributed by atoms with Gasteiger partial charge in [-0.05, 0) is 48.2 Å². The van der Waals surface area contributed by atoms with E-state index in [0.717, 1.165) is 16.7 Å². The van der Waals surface area contributed by atoms with Crippen LogP contribution in [0.5, 0.6) is 17.2 Å². The lowest BCUT2D eigenvalue weighted by Crippen LogP contribution is -2.32. The quantitative estimate of drug-likeness (QED) is 0.395. The fraction of sp³-hybridized carbons (Fsp3) is 0.148. The van der Waals surface area contributed by atoms with Gasteiger partial charge in [0.15, 0.2) is 18.1 Å². The highest BCUT2D eigenvalue weighted by Crippen LogP contribution is 2.34. The number of hydrogen-bond acceptors (Lipinski definition) is 7. The molecule has 0 saturated carbocycles. The molecule has 1 aliphatic heterocycles. The van der Waals surface area contributed by atoms with Crippen LogP contribution in [0.4, 0.5) is 10.5 Å². The summed E-state index contributed by atoms with van der Waals surface area (Å²) in [5, 5.41) is 2.37. The predicted molar refractivity (Wildman–Crippen MR) is 138 cm³/mol. The van der Waals surface area contributed by atoms with Crippen molar-refractivity contribution >= 4 is 40.6 Å². The Morgan fingerprint density at radius 3 is 2.31 bits per heavy atom. The zero-order valence-electron chi connectivity index (χ0n) is 19.5. The summed E-state index contributed by atoms with van der Waals surface area (Å²) in [5.74, 6) is 0.800. The van der Waals surface area contributed by atoms with Gasteiger partial charge in [-0.25, -0.2) is 0 Å². The largest absolute Gasteiger partial charge is 0.493 e. The van der Waals surface area contributed by atoms with Crippen LogP contribution >= 0.6 is 11.8 Å². The standard InChI is InChI=1S/C27H24N2O6S/c1-33-22-13-7-8-14-23(22)34-16-15-29-26(31)24(36-27(29)32)17-19-9-5-6-12-21(19)35-18-25(30)28-20-10-3-2-4-11-20/h2-14,17H,15-16,18H2,1H3,(H,28,30)/b24-17-. The molecule has 0 unspecified atom stereocenters. The third-order valence-corrected chi connectivity index (χ3v) is 6.04. The summed E-state index contributed by atoms with van der Waals surface area (Å²) in [7, 11) is 1.54. The number of hydrogen-bond donors (Lipinski definition) is 1. The van der Waals surface area contributed by atoms with Crippen LogP contribution in [0.2, 0.25) is 0 Å². The number of nitrogens with zero attached hydrogens (tertiary/aromatic N) is 1. The average Bonchev–Trinajstić information content (AvgIpc) is 3.16. The number of benzene rings is 3. The van der Waals surface area contributed by atoms with Crippen molar-refractivity contribution in [2.45, 2.75) is 0 Å². The number of para-hydroxylation sites is 4. The molecule has 1 fully saturated rings. The van der Waals surface area contributed by atoms with Crippen LogP contribution < -0.4 is 19.5 Å². The highest BCUT2D eigenvalue weighted by atomic mass is 32.2. The maximum atomic E-state index is 12.9. The number of rotatable bonds is 10. The maximum Gasteiger partial charge on any atom is 0.293 e. The van der Waals surface area contributed by atoms with Gasteiger partial charge in [0.2, 0.25) is 0 Å². The number of methoxy groups -OCH3 is 1. The summed E-state index contributed by atoms with van der Waals surface area (Å²) >= 11 is 0.849. The lowest BCUT2D eigenvalue weighted by Gasteiger charge is -2.14. The second-order valence-electron chi connectivity index (χ2n) is 7.57. The van der Waals surface area contributed by atoms with E-state index in [2.05, 4.69) is 5.32 Å². The fourth-order valence-corrected chi connectivity index (χ4v) is 4.27. The van der Waals surface area contributed by atoms with Crippen molar-refractivity contribution < 1.29 is 28.6 Å². The minimum absolute atomic E-state index is 0.0951. The summed E-state index contributed by atoms with van der Waals surface area (Å²) in [6.07, 6.45) is 1.59. The molecule has 1 heterocycles. The smallest absolute Gasteiger partial charge is 0.293 e. The van der Waals surface area contributed by atoms with Crippen LogP contribution in [-0.2, 0) is 9.59 Å². The highest BCUT2D eigenvalue weighted by Gasteiger charge is 2.35. The van der Waals surface area contributed by atoms with Gasteiger partial charge in [0.1, 0.15) is 12.4 Å². The van der Waals surface area contributed by atoms with E-state index in [1.54, 1.807) is 61.7 Å². The molecule has 1 aliphatic rings. The fourth-order valence-electron chi connectivity index (χ4n) is 3.41. The molecule has 1 N–H and O–H groups in total. The van der Waals surface area contributed by atoms with Gasteiger partial charge in [-0.3, -0.25) is 19.3 Å². The third-order valence-electron chi connectivity index (χ3n) is 5.14. The molecule has 184 valence electrons. The molecule has 3 amide bonds. The van der Waals surface area contributed by atoms with Gasteiger partial charge < -0.3 is 19.5 Å². The van der Waals surface area contributed by atoms with Gasteiger partial charge in [0.05, 0.1) is 18.6 Å². The van der Waals surface area contributed by atoms with Crippen molar-refractivity contribution in [1.29, 1.82) is 0 Å². The Balaban J connectivity index is 1.37. The average molecular weight is 505 g/mol. The number of amides is 3. The number of imide groups is 1. The molecule has 9 heteroatoms. The molecule has 3 aromatic carbocycles. The van der Waals surface area contributed by atoms with E-state index in [1.807, 2.05) is 30.3 Å². The van der Waals surface area contributed by atoms with E-state index < -0.39 is 5.91 Å². The van der Waals surface area contributed by atoms with Crippen LogP contribution in [0.1, 0.15) is 5.56 Å². The SMILES string of the molecule is COc1ccccc1OCCN1C(=O)S/C(=C\c2ccccc2OCC(=O)Nc2ccccc2)C1=O. The molecule has 8 nitrogen and oxygen atoms in total. The lowest BCUT2D eigenvalue weighted by atomic mass is 10.2. The van der Waals surface area contributed by atoms with Crippen LogP contribution in [0.15, 0.2) is 83.8 Å². The molecule has 0 atom stereocenters. The van der Waals surface area contributed by atoms with Crippen LogP contribution in [0, 0.1) is 0 Å². The number of thioether (sulfide) groups is 1. The molecule has 0 bridgehead atoms. The van der Waals surface area contributed by atoms with Crippen LogP contribution in [0.3, 0.4) is 0 Å². The number of ether oxygens (including phenoxy) is 3. The van der Waals surface area contributed by atoms with E-state index in [9.17, 15) is 14.4 Å². The maximum absolute atomic E-state index is 12.9. The third kappa shape index (κ3) is 6.25. The van der Waals surface area contributed by atoms with Gasteiger partial charge in [-0.1, -0.05) is 48.5 Å². The molecule has 36 heavy (non-hydrogen) atoms. The summed E-state index contributed by atoms with van der Waals surface area (Å²) in [5.41, 5.74) is 1.25. The Hall–Kier alpha value is -4.24. The van der Waals surface area contributed by atoms with Gasteiger partial charge in [0.25, 0.3) is 17.1 Å². The Morgan fingerprint density at radius 1 is 0.889 bits per heavy atom. The van der Waals surface area contributed by atoms with Crippen molar-refractivity contribution in [2.75, 3.05) is 32.2 Å². The lowest BCUT2D eigenvalue weighted by molar-refractivity contribution is -0.123. The van der Waals surface area contributed by atoms with Crippen LogP contribution in [-0.4, -0.2) is 48.8 Å². The summed E-state index contributed by atoms with van der Waals surface area (Å²) in [6.45, 7) is 0.0152. The molecule has 1 saturated heterocycles. The normalized spacial score (nSPS) is 14.1. The second kappa shape index (κ2) is 11.9. The molecule has 0 aromatic heterocycles. The number of nitrogens with one attached hydrogen (secondary N) is 1. The van der Waals surface area contributed by atoms with E-state index in [0.29, 0.717) is 28.5 Å². The second-order valence-corrected chi connectivity index (χ2v) is 8.57. The van der Waals surface area contributed by atoms with E-state index in [4.69, 9.17) is 14.2 Å². The monoisotopic (exact) mass is 504 g/mol. The Labute approximate surface area is 212 Å². The summed E-state index contributed by atoms with van der Waals surface area (Å²) in [4.78, 5) is 39.0. The van der Waals surface area contributed by atoms with Crippen molar-refractivity contribution in [1.82, 2.24) is 4.90 Å².